The highest BCUT2D eigenvalue weighted by Crippen LogP contribution is 2.15. The van der Waals surface area contributed by atoms with Gasteiger partial charge in [0.15, 0.2) is 0 Å². The molecule has 30 heavy (non-hydrogen) atoms. The topological polar surface area (TPSA) is 58.4 Å². The van der Waals surface area contributed by atoms with Crippen LogP contribution in [0.4, 0.5) is 0 Å². The van der Waals surface area contributed by atoms with Crippen LogP contribution in [0.3, 0.4) is 0 Å². The summed E-state index contributed by atoms with van der Waals surface area (Å²) in [7, 11) is 0. The normalized spacial score (nSPS) is 14.9. The predicted molar refractivity (Wildman–Crippen MR) is 122 cm³/mol. The number of rotatable bonds is 5. The fraction of sp³-hybridized carbons (Fsp3) is 0.318. The van der Waals surface area contributed by atoms with Crippen molar-refractivity contribution in [1.29, 1.82) is 0 Å². The zero-order chi connectivity index (χ0) is 21.1. The molecule has 2 aromatic carbocycles. The van der Waals surface area contributed by atoms with Gasteiger partial charge in [0.2, 0.25) is 5.91 Å². The third kappa shape index (κ3) is 4.91. The molecular weight excluding hydrogens is 468 g/mol. The van der Waals surface area contributed by atoms with Gasteiger partial charge < -0.3 is 4.90 Å². The Labute approximate surface area is 188 Å². The molecule has 1 saturated heterocycles. The maximum atomic E-state index is 12.7. The number of aromatic nitrogens is 2. The lowest BCUT2D eigenvalue weighted by Gasteiger charge is -2.34. The van der Waals surface area contributed by atoms with Crippen LogP contribution in [-0.2, 0) is 17.9 Å². The Balaban J connectivity index is 1.31. The highest BCUT2D eigenvalue weighted by Gasteiger charge is 2.21. The average Bonchev–Trinajstić information content (AvgIpc) is 2.75. The number of amides is 1. The number of fused-ring (bicyclic) bond motifs is 1. The molecule has 0 atom stereocenters. The first-order valence-electron chi connectivity index (χ1n) is 9.89. The van der Waals surface area contributed by atoms with Crippen LogP contribution in [0, 0.1) is 0 Å². The molecule has 1 fully saturated rings. The number of carbonyl (C=O) groups excluding carboxylic acids is 1. The van der Waals surface area contributed by atoms with E-state index in [-0.39, 0.29) is 17.9 Å². The molecule has 0 N–H and O–H groups in total. The van der Waals surface area contributed by atoms with Crippen molar-refractivity contribution in [3.8, 4) is 0 Å². The summed E-state index contributed by atoms with van der Waals surface area (Å²) in [6, 6.07) is 13.3. The molecule has 0 unspecified atom stereocenters. The number of piperazine rings is 1. The monoisotopic (exact) mass is 488 g/mol. The van der Waals surface area contributed by atoms with Gasteiger partial charge in [0.05, 0.1) is 17.2 Å². The average molecular weight is 490 g/mol. The lowest BCUT2D eigenvalue weighted by Crippen LogP contribution is -2.48. The molecule has 1 amide bonds. The first-order valence-corrected chi connectivity index (χ1v) is 11.1. The van der Waals surface area contributed by atoms with Crippen molar-refractivity contribution in [2.75, 3.05) is 26.2 Å². The highest BCUT2D eigenvalue weighted by atomic mass is 79.9. The molecule has 0 aliphatic carbocycles. The van der Waals surface area contributed by atoms with E-state index in [0.29, 0.717) is 30.5 Å². The van der Waals surface area contributed by atoms with E-state index in [1.807, 2.05) is 35.2 Å². The van der Waals surface area contributed by atoms with Crippen molar-refractivity contribution < 1.29 is 4.79 Å². The zero-order valence-electron chi connectivity index (χ0n) is 16.4. The van der Waals surface area contributed by atoms with Gasteiger partial charge in [-0.25, -0.2) is 4.98 Å². The maximum Gasteiger partial charge on any atom is 0.261 e. The Hall–Kier alpha value is -2.22. The molecule has 8 heteroatoms. The van der Waals surface area contributed by atoms with E-state index in [9.17, 15) is 9.59 Å². The van der Waals surface area contributed by atoms with Gasteiger partial charge in [0, 0.05) is 55.2 Å². The van der Waals surface area contributed by atoms with E-state index < -0.39 is 0 Å². The minimum Gasteiger partial charge on any atom is -0.340 e. The summed E-state index contributed by atoms with van der Waals surface area (Å²) in [5, 5.41) is 1.29. The molecule has 0 spiro atoms. The Kier molecular flexibility index (Phi) is 6.51. The van der Waals surface area contributed by atoms with Crippen molar-refractivity contribution in [2.45, 2.75) is 19.5 Å². The smallest absolute Gasteiger partial charge is 0.261 e. The molecule has 3 aromatic rings. The Morgan fingerprint density at radius 2 is 1.80 bits per heavy atom. The number of aryl methyl sites for hydroxylation is 1. The molecule has 0 saturated carbocycles. The molecule has 156 valence electrons. The van der Waals surface area contributed by atoms with Gasteiger partial charge in [-0.2, -0.15) is 0 Å². The van der Waals surface area contributed by atoms with Crippen LogP contribution in [0.2, 0.25) is 5.02 Å². The Morgan fingerprint density at radius 1 is 1.07 bits per heavy atom. The minimum absolute atomic E-state index is 0.0717. The van der Waals surface area contributed by atoms with Crippen molar-refractivity contribution in [3.63, 3.8) is 0 Å². The second-order valence-electron chi connectivity index (χ2n) is 7.44. The van der Waals surface area contributed by atoms with Gasteiger partial charge in [-0.1, -0.05) is 39.7 Å². The third-order valence-electron chi connectivity index (χ3n) is 5.40. The number of halogens is 2. The molecule has 1 aliphatic rings. The quantitative estimate of drug-likeness (QED) is 0.550. The highest BCUT2D eigenvalue weighted by molar-refractivity contribution is 9.10. The van der Waals surface area contributed by atoms with Crippen molar-refractivity contribution in [2.24, 2.45) is 0 Å². The molecule has 1 aromatic heterocycles. The first-order chi connectivity index (χ1) is 14.5. The predicted octanol–water partition coefficient (Wildman–Crippen LogP) is 3.55. The number of carbonyl (C=O) groups is 1. The van der Waals surface area contributed by atoms with Crippen LogP contribution >= 0.6 is 27.5 Å². The fourth-order valence-corrected chi connectivity index (χ4v) is 4.16. The summed E-state index contributed by atoms with van der Waals surface area (Å²) in [4.78, 5) is 33.9. The first kappa shape index (κ1) is 21.0. The number of hydrogen-bond donors (Lipinski definition) is 0. The van der Waals surface area contributed by atoms with Crippen molar-refractivity contribution in [3.05, 3.63) is 74.2 Å². The molecule has 6 nitrogen and oxygen atoms in total. The van der Waals surface area contributed by atoms with Crippen molar-refractivity contribution >= 4 is 44.3 Å². The maximum absolute atomic E-state index is 12.7. The van der Waals surface area contributed by atoms with Crippen LogP contribution in [0.25, 0.3) is 10.9 Å². The second kappa shape index (κ2) is 9.29. The molecule has 1 aliphatic heterocycles. The summed E-state index contributed by atoms with van der Waals surface area (Å²) in [5.41, 5.74) is 1.75. The second-order valence-corrected chi connectivity index (χ2v) is 8.79. The van der Waals surface area contributed by atoms with E-state index >= 15 is 0 Å². The number of benzene rings is 2. The van der Waals surface area contributed by atoms with Crippen LogP contribution in [0.5, 0.6) is 0 Å². The standard InChI is InChI=1S/C22H22BrClN4O2/c23-17-3-6-20-19(13-17)22(30)28(15-25-20)8-7-21(29)27-11-9-26(10-12-27)14-16-1-4-18(24)5-2-16/h1-6,13,15H,7-12,14H2. The van der Waals surface area contributed by atoms with Gasteiger partial charge in [-0.05, 0) is 35.9 Å². The molecule has 0 radical (unpaired) electrons. The molecule has 2 heterocycles. The number of hydrogen-bond acceptors (Lipinski definition) is 4. The van der Waals surface area contributed by atoms with E-state index in [0.717, 1.165) is 29.1 Å². The van der Waals surface area contributed by atoms with E-state index in [1.54, 1.807) is 12.1 Å². The third-order valence-corrected chi connectivity index (χ3v) is 6.14. The molecule has 0 bridgehead atoms. The molecule has 4 rings (SSSR count). The van der Waals surface area contributed by atoms with E-state index in [1.165, 1.54) is 16.5 Å². The molecular formula is C22H22BrClN4O2. The summed E-state index contributed by atoms with van der Waals surface area (Å²) >= 11 is 9.33. The zero-order valence-corrected chi connectivity index (χ0v) is 18.8. The largest absolute Gasteiger partial charge is 0.340 e. The summed E-state index contributed by atoms with van der Waals surface area (Å²) in [6.45, 7) is 4.25. The van der Waals surface area contributed by atoms with Gasteiger partial charge in [-0.15, -0.1) is 0 Å². The van der Waals surface area contributed by atoms with E-state index in [2.05, 4.69) is 25.8 Å². The van der Waals surface area contributed by atoms with Crippen molar-refractivity contribution in [1.82, 2.24) is 19.4 Å². The van der Waals surface area contributed by atoms with Gasteiger partial charge in [0.1, 0.15) is 0 Å². The summed E-state index contributed by atoms with van der Waals surface area (Å²) in [6.07, 6.45) is 1.81. The Bertz CT molecular complexity index is 1110. The Morgan fingerprint density at radius 3 is 2.53 bits per heavy atom. The summed E-state index contributed by atoms with van der Waals surface area (Å²) < 4.78 is 2.35. The summed E-state index contributed by atoms with van der Waals surface area (Å²) in [5.74, 6) is 0.0717. The van der Waals surface area contributed by atoms with Crippen LogP contribution in [0.15, 0.2) is 58.1 Å². The lowest BCUT2D eigenvalue weighted by atomic mass is 10.2. The van der Waals surface area contributed by atoms with Gasteiger partial charge in [-0.3, -0.25) is 19.1 Å². The van der Waals surface area contributed by atoms with Crippen LogP contribution < -0.4 is 5.56 Å². The fourth-order valence-electron chi connectivity index (χ4n) is 3.67. The minimum atomic E-state index is -0.123. The van der Waals surface area contributed by atoms with Crippen LogP contribution in [-0.4, -0.2) is 51.4 Å². The lowest BCUT2D eigenvalue weighted by molar-refractivity contribution is -0.133. The van der Waals surface area contributed by atoms with Gasteiger partial charge >= 0.3 is 0 Å². The SMILES string of the molecule is O=C(CCn1cnc2ccc(Br)cc2c1=O)N1CCN(Cc2ccc(Cl)cc2)CC1. The van der Waals surface area contributed by atoms with E-state index in [4.69, 9.17) is 11.6 Å². The van der Waals surface area contributed by atoms with Crippen LogP contribution in [0.1, 0.15) is 12.0 Å². The number of nitrogens with zero attached hydrogens (tertiary/aromatic N) is 4. The van der Waals surface area contributed by atoms with Gasteiger partial charge in [0.25, 0.3) is 5.56 Å².